The minimum absolute atomic E-state index is 0.548. The minimum atomic E-state index is 0.548. The smallest absolute Gasteiger partial charge is 0.225 e. The molecule has 4 nitrogen and oxygen atoms in total. The lowest BCUT2D eigenvalue weighted by Gasteiger charge is -2.10. The van der Waals surface area contributed by atoms with E-state index in [1.807, 2.05) is 20.8 Å². The molecule has 0 atom stereocenters. The third kappa shape index (κ3) is 3.23. The van der Waals surface area contributed by atoms with Crippen molar-refractivity contribution >= 4 is 11.4 Å². The summed E-state index contributed by atoms with van der Waals surface area (Å²) in [5.74, 6) is 1.28. The highest BCUT2D eigenvalue weighted by atomic mass is 16.5. The topological polar surface area (TPSA) is 47.0 Å². The average Bonchev–Trinajstić information content (AvgIpc) is 2.30. The summed E-state index contributed by atoms with van der Waals surface area (Å²) < 4.78 is 5.10. The maximum Gasteiger partial charge on any atom is 0.225 e. The second-order valence-corrected chi connectivity index (χ2v) is 2.64. The van der Waals surface area contributed by atoms with E-state index in [1.54, 1.807) is 14.2 Å². The van der Waals surface area contributed by atoms with Crippen molar-refractivity contribution in [2.24, 2.45) is 0 Å². The lowest BCUT2D eigenvalue weighted by Crippen LogP contribution is -2.01. The van der Waals surface area contributed by atoms with Gasteiger partial charge in [0.1, 0.15) is 12.1 Å². The van der Waals surface area contributed by atoms with Gasteiger partial charge < -0.3 is 10.1 Å². The predicted molar refractivity (Wildman–Crippen MR) is 64.2 cm³/mol. The van der Waals surface area contributed by atoms with E-state index in [0.717, 1.165) is 17.0 Å². The third-order valence-electron chi connectivity index (χ3n) is 1.67. The Labute approximate surface area is 91.4 Å². The zero-order valence-corrected chi connectivity index (χ0v) is 10.1. The summed E-state index contributed by atoms with van der Waals surface area (Å²) in [7, 11) is 3.38. The molecule has 15 heavy (non-hydrogen) atoms. The number of allylic oxidation sites excluding steroid dienone is 1. The van der Waals surface area contributed by atoms with Gasteiger partial charge in [0, 0.05) is 7.05 Å². The van der Waals surface area contributed by atoms with Gasteiger partial charge >= 0.3 is 0 Å². The van der Waals surface area contributed by atoms with Gasteiger partial charge in [-0.05, 0) is 12.5 Å². The Bertz CT molecular complexity index is 301. The molecular weight excluding hydrogens is 190 g/mol. The van der Waals surface area contributed by atoms with Crippen molar-refractivity contribution in [3.05, 3.63) is 18.5 Å². The molecule has 0 aliphatic carbocycles. The molecule has 1 rings (SSSR count). The Morgan fingerprint density at radius 1 is 1.40 bits per heavy atom. The second kappa shape index (κ2) is 6.81. The molecule has 0 aromatic carbocycles. The highest BCUT2D eigenvalue weighted by molar-refractivity contribution is 5.74. The number of methoxy groups -OCH3 is 1. The van der Waals surface area contributed by atoms with Gasteiger partial charge in [-0.3, -0.25) is 0 Å². The summed E-state index contributed by atoms with van der Waals surface area (Å²) in [6, 6.07) is 0. The Balaban J connectivity index is 0.000000921. The van der Waals surface area contributed by atoms with Gasteiger partial charge in [-0.15, -0.1) is 0 Å². The SMILES string of the molecule is C=C(C)c1c(NC)ncnc1OC.CC. The van der Waals surface area contributed by atoms with Crippen molar-refractivity contribution in [1.29, 1.82) is 0 Å². The Morgan fingerprint density at radius 2 is 2.00 bits per heavy atom. The van der Waals surface area contributed by atoms with Crippen LogP contribution in [0.4, 0.5) is 5.82 Å². The van der Waals surface area contributed by atoms with E-state index in [9.17, 15) is 0 Å². The molecule has 0 radical (unpaired) electrons. The van der Waals surface area contributed by atoms with Crippen molar-refractivity contribution < 1.29 is 4.74 Å². The van der Waals surface area contributed by atoms with E-state index in [4.69, 9.17) is 4.74 Å². The first-order chi connectivity index (χ1) is 7.20. The maximum atomic E-state index is 5.10. The average molecular weight is 209 g/mol. The van der Waals surface area contributed by atoms with Crippen LogP contribution in [0.15, 0.2) is 12.9 Å². The van der Waals surface area contributed by atoms with Gasteiger partial charge in [0.2, 0.25) is 5.88 Å². The Hall–Kier alpha value is -1.58. The molecule has 0 unspecified atom stereocenters. The van der Waals surface area contributed by atoms with Crippen LogP contribution in [-0.4, -0.2) is 24.1 Å². The van der Waals surface area contributed by atoms with Crippen LogP contribution in [0.25, 0.3) is 5.57 Å². The first-order valence-electron chi connectivity index (χ1n) is 4.93. The molecule has 0 fully saturated rings. The number of nitrogens with one attached hydrogen (secondary N) is 1. The van der Waals surface area contributed by atoms with E-state index in [1.165, 1.54) is 6.33 Å². The molecule has 0 aliphatic heterocycles. The summed E-state index contributed by atoms with van der Waals surface area (Å²) in [5.41, 5.74) is 1.70. The molecule has 4 heteroatoms. The fourth-order valence-electron chi connectivity index (χ4n) is 1.10. The second-order valence-electron chi connectivity index (χ2n) is 2.64. The molecule has 84 valence electrons. The largest absolute Gasteiger partial charge is 0.480 e. The normalized spacial score (nSPS) is 8.60. The van der Waals surface area contributed by atoms with E-state index in [0.29, 0.717) is 5.88 Å². The van der Waals surface area contributed by atoms with E-state index in [2.05, 4.69) is 21.9 Å². The summed E-state index contributed by atoms with van der Waals surface area (Å²) in [4.78, 5) is 8.06. The number of ether oxygens (including phenoxy) is 1. The summed E-state index contributed by atoms with van der Waals surface area (Å²) >= 11 is 0. The number of aromatic nitrogens is 2. The molecule has 0 bridgehead atoms. The lowest BCUT2D eigenvalue weighted by atomic mass is 10.1. The quantitative estimate of drug-likeness (QED) is 0.831. The van der Waals surface area contributed by atoms with Gasteiger partial charge in [-0.1, -0.05) is 20.4 Å². The predicted octanol–water partition coefficient (Wildman–Crippen LogP) is 2.59. The maximum absolute atomic E-state index is 5.10. The van der Waals surface area contributed by atoms with Crippen LogP contribution in [-0.2, 0) is 0 Å². The van der Waals surface area contributed by atoms with Crippen LogP contribution < -0.4 is 10.1 Å². The summed E-state index contributed by atoms with van der Waals surface area (Å²) in [6.07, 6.45) is 1.46. The molecular formula is C11H19N3O. The zero-order chi connectivity index (χ0) is 11.8. The van der Waals surface area contributed by atoms with Crippen molar-refractivity contribution in [1.82, 2.24) is 9.97 Å². The number of hydrogen-bond donors (Lipinski definition) is 1. The number of rotatable bonds is 3. The fourth-order valence-corrected chi connectivity index (χ4v) is 1.10. The van der Waals surface area contributed by atoms with Crippen molar-refractivity contribution in [3.8, 4) is 5.88 Å². The highest BCUT2D eigenvalue weighted by Gasteiger charge is 2.10. The van der Waals surface area contributed by atoms with E-state index >= 15 is 0 Å². The van der Waals surface area contributed by atoms with Crippen molar-refractivity contribution in [2.75, 3.05) is 19.5 Å². The van der Waals surface area contributed by atoms with Gasteiger partial charge in [-0.2, -0.15) is 0 Å². The van der Waals surface area contributed by atoms with Gasteiger partial charge in [0.25, 0.3) is 0 Å². The molecule has 0 aliphatic rings. The van der Waals surface area contributed by atoms with Crippen LogP contribution >= 0.6 is 0 Å². The summed E-state index contributed by atoms with van der Waals surface area (Å²) in [6.45, 7) is 9.73. The van der Waals surface area contributed by atoms with E-state index < -0.39 is 0 Å². The van der Waals surface area contributed by atoms with Crippen LogP contribution in [0.5, 0.6) is 5.88 Å². The fraction of sp³-hybridized carbons (Fsp3) is 0.455. The summed E-state index contributed by atoms with van der Waals surface area (Å²) in [5, 5.41) is 2.96. The van der Waals surface area contributed by atoms with Gasteiger partial charge in [-0.25, -0.2) is 9.97 Å². The van der Waals surface area contributed by atoms with Crippen molar-refractivity contribution in [3.63, 3.8) is 0 Å². The first kappa shape index (κ1) is 13.4. The number of hydrogen-bond acceptors (Lipinski definition) is 4. The zero-order valence-electron chi connectivity index (χ0n) is 10.1. The highest BCUT2D eigenvalue weighted by Crippen LogP contribution is 2.27. The minimum Gasteiger partial charge on any atom is -0.480 e. The monoisotopic (exact) mass is 209 g/mol. The van der Waals surface area contributed by atoms with Gasteiger partial charge in [0.05, 0.1) is 12.7 Å². The van der Waals surface area contributed by atoms with Crippen LogP contribution in [0.3, 0.4) is 0 Å². The van der Waals surface area contributed by atoms with E-state index in [-0.39, 0.29) is 0 Å². The molecule has 1 aromatic heterocycles. The number of nitrogens with zero attached hydrogens (tertiary/aromatic N) is 2. The number of anilines is 1. The van der Waals surface area contributed by atoms with Crippen LogP contribution in [0.2, 0.25) is 0 Å². The molecule has 1 N–H and O–H groups in total. The van der Waals surface area contributed by atoms with Crippen LogP contribution in [0.1, 0.15) is 26.3 Å². The standard InChI is InChI=1S/C9H13N3O.C2H6/c1-6(2)7-8(10-3)11-5-12-9(7)13-4;1-2/h5H,1H2,2-4H3,(H,10,11,12);1-2H3. The molecule has 1 heterocycles. The molecule has 0 saturated carbocycles. The molecule has 1 aromatic rings. The Kier molecular flexibility index (Phi) is 6.09. The Morgan fingerprint density at radius 3 is 2.40 bits per heavy atom. The van der Waals surface area contributed by atoms with Crippen LogP contribution in [0, 0.1) is 0 Å². The first-order valence-corrected chi connectivity index (χ1v) is 4.93. The molecule has 0 amide bonds. The van der Waals surface area contributed by atoms with Crippen molar-refractivity contribution in [2.45, 2.75) is 20.8 Å². The lowest BCUT2D eigenvalue weighted by molar-refractivity contribution is 0.395. The van der Waals surface area contributed by atoms with Gasteiger partial charge in [0.15, 0.2) is 0 Å². The molecule has 0 spiro atoms. The third-order valence-corrected chi connectivity index (χ3v) is 1.67. The molecule has 0 saturated heterocycles.